The molecule has 4 nitrogen and oxygen atoms in total. The van der Waals surface area contributed by atoms with E-state index >= 15 is 0 Å². The van der Waals surface area contributed by atoms with Gasteiger partial charge >= 0.3 is 0 Å². The Morgan fingerprint density at radius 1 is 1.03 bits per heavy atom. The normalized spacial score (nSPS) is 18.2. The minimum Gasteiger partial charge on any atom is -0.309 e. The summed E-state index contributed by atoms with van der Waals surface area (Å²) in [6.07, 6.45) is 4.77. The van der Waals surface area contributed by atoms with Crippen molar-refractivity contribution in [2.45, 2.75) is 44.3 Å². The van der Waals surface area contributed by atoms with Crippen LogP contribution in [0.4, 0.5) is 0 Å². The monoisotopic (exact) mass is 413 g/mol. The second-order valence-electron chi connectivity index (χ2n) is 8.36. The Labute approximate surface area is 179 Å². The third-order valence-corrected chi connectivity index (χ3v) is 7.44. The van der Waals surface area contributed by atoms with Gasteiger partial charge in [0.25, 0.3) is 5.56 Å². The van der Waals surface area contributed by atoms with Crippen molar-refractivity contribution in [3.05, 3.63) is 88.0 Å². The van der Waals surface area contributed by atoms with Gasteiger partial charge in [0.15, 0.2) is 0 Å². The van der Waals surface area contributed by atoms with Crippen LogP contribution in [0.25, 0.3) is 20.7 Å². The molecule has 0 radical (unpaired) electrons. The average Bonchev–Trinajstić information content (AvgIpc) is 3.38. The van der Waals surface area contributed by atoms with Crippen LogP contribution in [0.3, 0.4) is 0 Å². The topological polar surface area (TPSA) is 49.0 Å². The molecule has 1 saturated carbocycles. The summed E-state index contributed by atoms with van der Waals surface area (Å²) < 4.78 is 0. The molecule has 4 aromatic rings. The number of aromatic amines is 1. The summed E-state index contributed by atoms with van der Waals surface area (Å²) in [4.78, 5) is 25.3. The minimum absolute atomic E-state index is 0.0315. The highest BCUT2D eigenvalue weighted by Gasteiger charge is 2.37. The number of thiophene rings is 1. The van der Waals surface area contributed by atoms with Crippen molar-refractivity contribution in [2.24, 2.45) is 0 Å². The second-order valence-corrected chi connectivity index (χ2v) is 9.40. The molecule has 0 aliphatic heterocycles. The van der Waals surface area contributed by atoms with Crippen molar-refractivity contribution in [1.82, 2.24) is 14.9 Å². The first-order chi connectivity index (χ1) is 14.8. The molecule has 1 unspecified atom stereocenters. The molecule has 5 heteroatoms. The Bertz CT molecular complexity index is 1270. The zero-order chi connectivity index (χ0) is 20.1. The van der Waals surface area contributed by atoms with Gasteiger partial charge in [-0.3, -0.25) is 9.69 Å². The van der Waals surface area contributed by atoms with Gasteiger partial charge in [-0.15, -0.1) is 11.3 Å². The summed E-state index contributed by atoms with van der Waals surface area (Å²) in [7, 11) is 0. The van der Waals surface area contributed by atoms with E-state index in [-0.39, 0.29) is 5.56 Å². The molecule has 0 spiro atoms. The van der Waals surface area contributed by atoms with Crippen LogP contribution < -0.4 is 5.56 Å². The van der Waals surface area contributed by atoms with E-state index in [1.807, 2.05) is 24.3 Å². The molecular weight excluding hydrogens is 390 g/mol. The lowest BCUT2D eigenvalue weighted by Gasteiger charge is -2.29. The Morgan fingerprint density at radius 3 is 2.67 bits per heavy atom. The van der Waals surface area contributed by atoms with E-state index in [1.165, 1.54) is 24.0 Å². The first-order valence-corrected chi connectivity index (χ1v) is 11.5. The molecule has 6 rings (SSSR count). The molecule has 2 heterocycles. The lowest BCUT2D eigenvalue weighted by Crippen LogP contribution is -2.31. The predicted molar refractivity (Wildman–Crippen MR) is 122 cm³/mol. The molecule has 1 N–H and O–H groups in total. The van der Waals surface area contributed by atoms with Gasteiger partial charge in [-0.25, -0.2) is 4.98 Å². The molecule has 0 bridgehead atoms. The first-order valence-electron chi connectivity index (χ1n) is 10.7. The maximum atomic E-state index is 12.8. The van der Waals surface area contributed by atoms with Crippen molar-refractivity contribution in [3.63, 3.8) is 0 Å². The van der Waals surface area contributed by atoms with Crippen molar-refractivity contribution < 1.29 is 0 Å². The van der Waals surface area contributed by atoms with E-state index in [1.54, 1.807) is 11.3 Å². The fourth-order valence-corrected chi connectivity index (χ4v) is 5.80. The molecule has 1 atom stereocenters. The average molecular weight is 414 g/mol. The molecule has 0 saturated heterocycles. The van der Waals surface area contributed by atoms with Crippen LogP contribution in [0.15, 0.2) is 65.5 Å². The number of nitrogens with zero attached hydrogens (tertiary/aromatic N) is 2. The summed E-state index contributed by atoms with van der Waals surface area (Å²) in [5, 5.41) is 0.687. The number of benzene rings is 2. The highest BCUT2D eigenvalue weighted by molar-refractivity contribution is 7.21. The summed E-state index contributed by atoms with van der Waals surface area (Å²) in [5.41, 5.74) is 4.02. The van der Waals surface area contributed by atoms with E-state index in [0.717, 1.165) is 33.9 Å². The summed E-state index contributed by atoms with van der Waals surface area (Å²) in [6, 6.07) is 22.0. The molecule has 2 aliphatic carbocycles. The zero-order valence-corrected chi connectivity index (χ0v) is 17.5. The van der Waals surface area contributed by atoms with E-state index in [9.17, 15) is 4.79 Å². The van der Waals surface area contributed by atoms with Gasteiger partial charge in [-0.05, 0) is 48.4 Å². The van der Waals surface area contributed by atoms with Gasteiger partial charge < -0.3 is 4.98 Å². The van der Waals surface area contributed by atoms with Crippen molar-refractivity contribution in [1.29, 1.82) is 0 Å². The predicted octanol–water partition coefficient (Wildman–Crippen LogP) is 5.30. The van der Waals surface area contributed by atoms with Crippen molar-refractivity contribution in [2.75, 3.05) is 0 Å². The quantitative estimate of drug-likeness (QED) is 0.483. The van der Waals surface area contributed by atoms with Gasteiger partial charge in [0.05, 0.1) is 11.9 Å². The van der Waals surface area contributed by atoms with Crippen LogP contribution in [-0.2, 0) is 13.0 Å². The Balaban J connectivity index is 1.34. The number of nitrogens with one attached hydrogen (secondary N) is 1. The Morgan fingerprint density at radius 2 is 1.83 bits per heavy atom. The zero-order valence-electron chi connectivity index (χ0n) is 16.7. The van der Waals surface area contributed by atoms with E-state index in [4.69, 9.17) is 4.98 Å². The standard InChI is InChI=1S/C25H23N3OS/c29-24-20-14-22(17-7-2-1-3-8-17)30-25(20)27-23(26-24)15-28(18-11-12-18)21-13-10-16-6-4-5-9-19(16)21/h1-9,14,18,21H,10-13,15H2,(H,26,27,29). The maximum absolute atomic E-state index is 12.8. The maximum Gasteiger partial charge on any atom is 0.259 e. The van der Waals surface area contributed by atoms with Crippen LogP contribution in [0.5, 0.6) is 0 Å². The molecule has 150 valence electrons. The molecule has 0 amide bonds. The van der Waals surface area contributed by atoms with Crippen molar-refractivity contribution in [3.8, 4) is 10.4 Å². The van der Waals surface area contributed by atoms with Crippen LogP contribution in [-0.4, -0.2) is 20.9 Å². The second kappa shape index (κ2) is 7.18. The van der Waals surface area contributed by atoms with E-state index in [2.05, 4.69) is 46.3 Å². The van der Waals surface area contributed by atoms with Crippen LogP contribution in [0, 0.1) is 0 Å². The molecule has 2 aromatic carbocycles. The van der Waals surface area contributed by atoms with Gasteiger partial charge in [0.1, 0.15) is 10.7 Å². The highest BCUT2D eigenvalue weighted by atomic mass is 32.1. The lowest BCUT2D eigenvalue weighted by atomic mass is 10.1. The van der Waals surface area contributed by atoms with Crippen LogP contribution in [0.2, 0.25) is 0 Å². The number of hydrogen-bond acceptors (Lipinski definition) is 4. The summed E-state index contributed by atoms with van der Waals surface area (Å²) >= 11 is 1.60. The van der Waals surface area contributed by atoms with Gasteiger partial charge in [-0.1, -0.05) is 54.6 Å². The number of hydrogen-bond donors (Lipinski definition) is 1. The molecule has 30 heavy (non-hydrogen) atoms. The smallest absolute Gasteiger partial charge is 0.259 e. The largest absolute Gasteiger partial charge is 0.309 e. The molecule has 2 aromatic heterocycles. The Hall–Kier alpha value is -2.76. The summed E-state index contributed by atoms with van der Waals surface area (Å²) in [6.45, 7) is 0.702. The van der Waals surface area contributed by atoms with Crippen LogP contribution in [0.1, 0.15) is 42.3 Å². The van der Waals surface area contributed by atoms with Gasteiger partial charge in [0.2, 0.25) is 0 Å². The van der Waals surface area contributed by atoms with Crippen molar-refractivity contribution >= 4 is 21.6 Å². The van der Waals surface area contributed by atoms with Crippen LogP contribution >= 0.6 is 11.3 Å². The van der Waals surface area contributed by atoms with Gasteiger partial charge in [0, 0.05) is 17.0 Å². The summed E-state index contributed by atoms with van der Waals surface area (Å²) in [5.74, 6) is 0.783. The fraction of sp³-hybridized carbons (Fsp3) is 0.280. The lowest BCUT2D eigenvalue weighted by molar-refractivity contribution is 0.172. The van der Waals surface area contributed by atoms with E-state index in [0.29, 0.717) is 24.0 Å². The third-order valence-electron chi connectivity index (χ3n) is 6.36. The number of H-pyrrole nitrogens is 1. The molecule has 1 fully saturated rings. The fourth-order valence-electron chi connectivity index (χ4n) is 4.75. The number of aryl methyl sites for hydroxylation is 1. The first kappa shape index (κ1) is 18.0. The number of rotatable bonds is 5. The SMILES string of the molecule is O=c1[nH]c(CN(C2CC2)C2CCc3ccccc32)nc2sc(-c3ccccc3)cc12. The molecular formula is C25H23N3OS. The Kier molecular flexibility index (Phi) is 4.32. The van der Waals surface area contributed by atoms with E-state index < -0.39 is 0 Å². The number of fused-ring (bicyclic) bond motifs is 2. The highest BCUT2D eigenvalue weighted by Crippen LogP contribution is 2.42. The van der Waals surface area contributed by atoms with Gasteiger partial charge in [-0.2, -0.15) is 0 Å². The molecule has 2 aliphatic rings. The number of aromatic nitrogens is 2. The minimum atomic E-state index is -0.0315. The third kappa shape index (κ3) is 3.18.